The number of nitrogens with zero attached hydrogens (tertiary/aromatic N) is 2. The van der Waals surface area contributed by atoms with E-state index in [0.29, 0.717) is 17.3 Å². The van der Waals surface area contributed by atoms with Crippen molar-refractivity contribution in [3.63, 3.8) is 0 Å². The van der Waals surface area contributed by atoms with Gasteiger partial charge in [0.15, 0.2) is 6.61 Å². The van der Waals surface area contributed by atoms with E-state index in [2.05, 4.69) is 10.3 Å². The van der Waals surface area contributed by atoms with Crippen LogP contribution in [0.15, 0.2) is 72.9 Å². The van der Waals surface area contributed by atoms with Crippen LogP contribution in [-0.4, -0.2) is 29.9 Å². The van der Waals surface area contributed by atoms with Crippen molar-refractivity contribution in [1.29, 1.82) is 0 Å². The Morgan fingerprint density at radius 3 is 2.56 bits per heavy atom. The van der Waals surface area contributed by atoms with E-state index in [-0.39, 0.29) is 25.0 Å². The average molecular weight is 359 g/mol. The van der Waals surface area contributed by atoms with Gasteiger partial charge in [0, 0.05) is 11.8 Å². The monoisotopic (exact) mass is 359 g/mol. The molecule has 134 valence electrons. The maximum absolute atomic E-state index is 12.4. The van der Waals surface area contributed by atoms with Gasteiger partial charge in [0.05, 0.1) is 5.69 Å². The lowest BCUT2D eigenvalue weighted by atomic mass is 10.1. The van der Waals surface area contributed by atoms with Crippen LogP contribution < -0.4 is 15.0 Å². The molecule has 0 aliphatic carbocycles. The molecule has 0 unspecified atom stereocenters. The number of benzene rings is 2. The lowest BCUT2D eigenvalue weighted by molar-refractivity contribution is -0.123. The molecule has 0 atom stereocenters. The molecule has 2 heterocycles. The molecule has 3 aromatic rings. The molecule has 2 aromatic carbocycles. The minimum Gasteiger partial charge on any atom is -0.482 e. The third-order valence-electron chi connectivity index (χ3n) is 4.25. The predicted octanol–water partition coefficient (Wildman–Crippen LogP) is 3.11. The van der Waals surface area contributed by atoms with Gasteiger partial charge in [-0.1, -0.05) is 42.5 Å². The van der Waals surface area contributed by atoms with Gasteiger partial charge >= 0.3 is 0 Å². The zero-order valence-electron chi connectivity index (χ0n) is 14.5. The molecule has 0 bridgehead atoms. The summed E-state index contributed by atoms with van der Waals surface area (Å²) in [7, 11) is 0. The van der Waals surface area contributed by atoms with Crippen LogP contribution in [0, 0.1) is 0 Å². The van der Waals surface area contributed by atoms with Crippen LogP contribution in [0.4, 0.5) is 11.5 Å². The number of rotatable bonds is 4. The van der Waals surface area contributed by atoms with Gasteiger partial charge in [-0.2, -0.15) is 0 Å². The highest BCUT2D eigenvalue weighted by molar-refractivity contribution is 6.04. The Labute approximate surface area is 156 Å². The average Bonchev–Trinajstić information content (AvgIpc) is 2.71. The lowest BCUT2D eigenvalue weighted by Gasteiger charge is -2.28. The van der Waals surface area contributed by atoms with E-state index < -0.39 is 0 Å². The van der Waals surface area contributed by atoms with Crippen molar-refractivity contribution in [2.45, 2.75) is 0 Å². The number of pyridine rings is 1. The standard InChI is InChI=1S/C21H17N3O3/c25-20(13-24-17-8-4-5-9-18(17)27-14-21(24)26)23-19-11-10-16(12-22-19)15-6-2-1-3-7-15/h1-12H,13-14H2,(H,22,23,25). The molecule has 0 radical (unpaired) electrons. The Kier molecular flexibility index (Phi) is 4.53. The van der Waals surface area contributed by atoms with Crippen LogP contribution in [-0.2, 0) is 9.59 Å². The fraction of sp³-hybridized carbons (Fsp3) is 0.0952. The van der Waals surface area contributed by atoms with E-state index in [1.807, 2.05) is 42.5 Å². The molecule has 0 saturated carbocycles. The summed E-state index contributed by atoms with van der Waals surface area (Å²) in [5.74, 6) is 0.458. The van der Waals surface area contributed by atoms with Gasteiger partial charge in [-0.05, 0) is 29.8 Å². The van der Waals surface area contributed by atoms with E-state index in [4.69, 9.17) is 4.74 Å². The smallest absolute Gasteiger partial charge is 0.265 e. The molecule has 4 rings (SSSR count). The maximum Gasteiger partial charge on any atom is 0.265 e. The Balaban J connectivity index is 1.45. The number of anilines is 2. The summed E-state index contributed by atoms with van der Waals surface area (Å²) in [5, 5.41) is 2.73. The molecule has 0 spiro atoms. The SMILES string of the molecule is O=C(CN1C(=O)COc2ccccc21)Nc1ccc(-c2ccccc2)cn1. The van der Waals surface area contributed by atoms with Gasteiger partial charge in [0.2, 0.25) is 5.91 Å². The Bertz CT molecular complexity index is 971. The molecular formula is C21H17N3O3. The largest absolute Gasteiger partial charge is 0.482 e. The Hall–Kier alpha value is -3.67. The van der Waals surface area contributed by atoms with Crippen LogP contribution >= 0.6 is 0 Å². The lowest BCUT2D eigenvalue weighted by Crippen LogP contribution is -2.43. The highest BCUT2D eigenvalue weighted by Gasteiger charge is 2.27. The number of nitrogens with one attached hydrogen (secondary N) is 1. The third kappa shape index (κ3) is 3.64. The summed E-state index contributed by atoms with van der Waals surface area (Å²) in [6.07, 6.45) is 1.71. The number of carbonyl (C=O) groups excluding carboxylic acids is 2. The quantitative estimate of drug-likeness (QED) is 0.777. The van der Waals surface area contributed by atoms with Gasteiger partial charge in [-0.15, -0.1) is 0 Å². The second-order valence-electron chi connectivity index (χ2n) is 6.08. The van der Waals surface area contributed by atoms with Crippen LogP contribution in [0.5, 0.6) is 5.75 Å². The number of para-hydroxylation sites is 2. The fourth-order valence-corrected chi connectivity index (χ4v) is 2.92. The number of aromatic nitrogens is 1. The van der Waals surface area contributed by atoms with Gasteiger partial charge in [0.1, 0.15) is 18.1 Å². The molecule has 27 heavy (non-hydrogen) atoms. The van der Waals surface area contributed by atoms with Crippen LogP contribution in [0.25, 0.3) is 11.1 Å². The minimum atomic E-state index is -0.319. The van der Waals surface area contributed by atoms with Crippen molar-refractivity contribution in [2.24, 2.45) is 0 Å². The molecule has 0 fully saturated rings. The summed E-state index contributed by atoms with van der Waals surface area (Å²) in [5.41, 5.74) is 2.61. The van der Waals surface area contributed by atoms with Crippen LogP contribution in [0.1, 0.15) is 0 Å². The molecule has 1 N–H and O–H groups in total. The maximum atomic E-state index is 12.4. The highest BCUT2D eigenvalue weighted by atomic mass is 16.5. The van der Waals surface area contributed by atoms with Crippen LogP contribution in [0.3, 0.4) is 0 Å². The van der Waals surface area contributed by atoms with Crippen molar-refractivity contribution in [1.82, 2.24) is 4.98 Å². The van der Waals surface area contributed by atoms with E-state index in [9.17, 15) is 9.59 Å². The minimum absolute atomic E-state index is 0.0751. The topological polar surface area (TPSA) is 71.5 Å². The highest BCUT2D eigenvalue weighted by Crippen LogP contribution is 2.31. The van der Waals surface area contributed by atoms with Crippen molar-refractivity contribution in [3.05, 3.63) is 72.9 Å². The normalized spacial score (nSPS) is 12.9. The van der Waals surface area contributed by atoms with Gasteiger partial charge in [-0.25, -0.2) is 4.98 Å². The third-order valence-corrected chi connectivity index (χ3v) is 4.25. The number of fused-ring (bicyclic) bond motifs is 1. The first kappa shape index (κ1) is 16.8. The zero-order chi connectivity index (χ0) is 18.6. The summed E-state index contributed by atoms with van der Waals surface area (Å²) < 4.78 is 5.39. The summed E-state index contributed by atoms with van der Waals surface area (Å²) in [4.78, 5) is 30.3. The molecule has 2 amide bonds. The summed E-state index contributed by atoms with van der Waals surface area (Å²) >= 11 is 0. The molecular weight excluding hydrogens is 342 g/mol. The van der Waals surface area contributed by atoms with Crippen LogP contribution in [0.2, 0.25) is 0 Å². The first-order chi connectivity index (χ1) is 13.2. The molecule has 6 heteroatoms. The van der Waals surface area contributed by atoms with Crippen molar-refractivity contribution in [3.8, 4) is 16.9 Å². The van der Waals surface area contributed by atoms with Gasteiger partial charge < -0.3 is 10.1 Å². The van der Waals surface area contributed by atoms with Crippen molar-refractivity contribution >= 4 is 23.3 Å². The Morgan fingerprint density at radius 2 is 1.78 bits per heavy atom. The second kappa shape index (κ2) is 7.29. The number of hydrogen-bond donors (Lipinski definition) is 1. The molecule has 1 aliphatic rings. The summed E-state index contributed by atoms with van der Waals surface area (Å²) in [6.45, 7) is -0.171. The fourth-order valence-electron chi connectivity index (χ4n) is 2.92. The molecule has 0 saturated heterocycles. The van der Waals surface area contributed by atoms with Gasteiger partial charge in [0.25, 0.3) is 5.91 Å². The van der Waals surface area contributed by atoms with E-state index in [1.165, 1.54) is 4.90 Å². The predicted molar refractivity (Wildman–Crippen MR) is 103 cm³/mol. The first-order valence-corrected chi connectivity index (χ1v) is 8.54. The second-order valence-corrected chi connectivity index (χ2v) is 6.08. The zero-order valence-corrected chi connectivity index (χ0v) is 14.5. The molecule has 1 aromatic heterocycles. The summed E-state index contributed by atoms with van der Waals surface area (Å²) in [6, 6.07) is 20.7. The molecule has 1 aliphatic heterocycles. The van der Waals surface area contributed by atoms with Crippen molar-refractivity contribution < 1.29 is 14.3 Å². The Morgan fingerprint density at radius 1 is 1.00 bits per heavy atom. The number of carbonyl (C=O) groups is 2. The van der Waals surface area contributed by atoms with Crippen molar-refractivity contribution in [2.75, 3.05) is 23.4 Å². The van der Waals surface area contributed by atoms with E-state index in [0.717, 1.165) is 11.1 Å². The number of amides is 2. The first-order valence-electron chi connectivity index (χ1n) is 8.54. The van der Waals surface area contributed by atoms with Gasteiger partial charge in [-0.3, -0.25) is 14.5 Å². The van der Waals surface area contributed by atoms with E-state index in [1.54, 1.807) is 30.5 Å². The van der Waals surface area contributed by atoms with E-state index >= 15 is 0 Å². The molecule has 6 nitrogen and oxygen atoms in total. The number of hydrogen-bond acceptors (Lipinski definition) is 4. The number of ether oxygens (including phenoxy) is 1.